The summed E-state index contributed by atoms with van der Waals surface area (Å²) >= 11 is 11.6. The number of aliphatic hydroxyl groups excluding tert-OH is 1. The van der Waals surface area contributed by atoms with Gasteiger partial charge in [0.2, 0.25) is 5.91 Å². The molecule has 0 aliphatic carbocycles. The van der Waals surface area contributed by atoms with E-state index in [-0.39, 0.29) is 40.2 Å². The molecule has 0 radical (unpaired) electrons. The molecule has 138 valence electrons. The van der Waals surface area contributed by atoms with Crippen molar-refractivity contribution in [3.8, 4) is 11.8 Å². The highest BCUT2D eigenvalue weighted by Gasteiger charge is 2.24. The lowest BCUT2D eigenvalue weighted by Gasteiger charge is -2.31. The average molecular weight is 398 g/mol. The van der Waals surface area contributed by atoms with Crippen LogP contribution in [0.2, 0.25) is 10.0 Å². The van der Waals surface area contributed by atoms with Crippen LogP contribution in [0.3, 0.4) is 0 Å². The monoisotopic (exact) mass is 397 g/mol. The van der Waals surface area contributed by atoms with Gasteiger partial charge in [-0.1, -0.05) is 23.2 Å². The van der Waals surface area contributed by atoms with Crippen molar-refractivity contribution >= 4 is 40.8 Å². The van der Waals surface area contributed by atoms with E-state index in [0.29, 0.717) is 0 Å². The smallest absolute Gasteiger partial charge is 0.268 e. The van der Waals surface area contributed by atoms with Gasteiger partial charge in [0.25, 0.3) is 5.91 Å². The standard InChI is InChI=1S/C17H17Cl2N3O4/c1-21(6-3-14(23)22-4-2-5-22)17(26)11(9-20)15(24)10-7-12(18)16(25)13(19)8-10/h7-8,24-25H,2-6H2,1H3/b15-11-. The summed E-state index contributed by atoms with van der Waals surface area (Å²) in [6.07, 6.45) is 1.12. The van der Waals surface area contributed by atoms with E-state index in [1.165, 1.54) is 24.1 Å². The van der Waals surface area contributed by atoms with Crippen molar-refractivity contribution in [2.75, 3.05) is 26.7 Å². The number of aliphatic hydroxyl groups is 1. The highest BCUT2D eigenvalue weighted by Crippen LogP contribution is 2.35. The molecule has 2 rings (SSSR count). The molecular weight excluding hydrogens is 381 g/mol. The second-order valence-electron chi connectivity index (χ2n) is 5.83. The second kappa shape index (κ2) is 8.30. The van der Waals surface area contributed by atoms with Crippen molar-refractivity contribution in [3.05, 3.63) is 33.3 Å². The van der Waals surface area contributed by atoms with Crippen LogP contribution in [0.4, 0.5) is 0 Å². The van der Waals surface area contributed by atoms with E-state index in [9.17, 15) is 25.1 Å². The normalized spacial score (nSPS) is 14.2. The Hall–Kier alpha value is -2.43. The molecule has 0 unspecified atom stereocenters. The zero-order valence-corrected chi connectivity index (χ0v) is 15.5. The minimum Gasteiger partial charge on any atom is -0.506 e. The lowest BCUT2D eigenvalue weighted by atomic mass is 10.1. The number of aromatic hydroxyl groups is 1. The number of hydrogen-bond donors (Lipinski definition) is 2. The third-order valence-corrected chi connectivity index (χ3v) is 4.65. The van der Waals surface area contributed by atoms with Gasteiger partial charge in [-0.25, -0.2) is 0 Å². The zero-order valence-electron chi connectivity index (χ0n) is 14.0. The number of carbonyl (C=O) groups excluding carboxylic acids is 2. The fraction of sp³-hybridized carbons (Fsp3) is 0.353. The molecule has 1 saturated heterocycles. The van der Waals surface area contributed by atoms with Crippen LogP contribution in [0.1, 0.15) is 18.4 Å². The number of phenolic OH excluding ortho intramolecular Hbond substituents is 1. The van der Waals surface area contributed by atoms with Crippen LogP contribution in [-0.2, 0) is 9.59 Å². The molecular formula is C17H17Cl2N3O4. The zero-order chi connectivity index (χ0) is 19.4. The fourth-order valence-electron chi connectivity index (χ4n) is 2.33. The maximum atomic E-state index is 12.4. The minimum atomic E-state index is -0.735. The summed E-state index contributed by atoms with van der Waals surface area (Å²) in [5.74, 6) is -1.76. The van der Waals surface area contributed by atoms with Gasteiger partial charge in [-0.2, -0.15) is 5.26 Å². The lowest BCUT2D eigenvalue weighted by molar-refractivity contribution is -0.135. The van der Waals surface area contributed by atoms with Gasteiger partial charge in [-0.15, -0.1) is 0 Å². The summed E-state index contributed by atoms with van der Waals surface area (Å²) in [6, 6.07) is 4.04. The van der Waals surface area contributed by atoms with Crippen LogP contribution in [0.15, 0.2) is 17.7 Å². The Kier molecular flexibility index (Phi) is 6.35. The molecule has 0 bridgehead atoms. The van der Waals surface area contributed by atoms with Crippen LogP contribution in [-0.4, -0.2) is 58.5 Å². The average Bonchev–Trinajstić information content (AvgIpc) is 2.55. The van der Waals surface area contributed by atoms with Crippen LogP contribution in [0.5, 0.6) is 5.75 Å². The Morgan fingerprint density at radius 1 is 1.31 bits per heavy atom. The number of phenols is 1. The van der Waals surface area contributed by atoms with Gasteiger partial charge in [-0.3, -0.25) is 9.59 Å². The predicted octanol–water partition coefficient (Wildman–Crippen LogP) is 2.57. The molecule has 7 nitrogen and oxygen atoms in total. The van der Waals surface area contributed by atoms with E-state index in [1.54, 1.807) is 11.0 Å². The number of nitriles is 1. The van der Waals surface area contributed by atoms with Crippen molar-refractivity contribution in [2.24, 2.45) is 0 Å². The quantitative estimate of drug-likeness (QED) is 0.451. The molecule has 1 aromatic rings. The first-order chi connectivity index (χ1) is 12.3. The van der Waals surface area contributed by atoms with Crippen LogP contribution >= 0.6 is 23.2 Å². The Morgan fingerprint density at radius 3 is 2.35 bits per heavy atom. The van der Waals surface area contributed by atoms with Gasteiger partial charge < -0.3 is 20.0 Å². The lowest BCUT2D eigenvalue weighted by Crippen LogP contribution is -2.43. The Bertz CT molecular complexity index is 790. The fourth-order valence-corrected chi connectivity index (χ4v) is 2.82. The third-order valence-electron chi connectivity index (χ3n) is 4.07. The van der Waals surface area contributed by atoms with E-state index >= 15 is 0 Å². The van der Waals surface area contributed by atoms with E-state index < -0.39 is 17.2 Å². The van der Waals surface area contributed by atoms with Crippen molar-refractivity contribution in [1.82, 2.24) is 9.80 Å². The Balaban J connectivity index is 2.16. The van der Waals surface area contributed by atoms with Crippen molar-refractivity contribution in [1.29, 1.82) is 5.26 Å². The number of likely N-dealkylation sites (tertiary alicyclic amines) is 1. The van der Waals surface area contributed by atoms with Gasteiger partial charge in [-0.05, 0) is 18.6 Å². The van der Waals surface area contributed by atoms with Crippen molar-refractivity contribution < 1.29 is 19.8 Å². The van der Waals surface area contributed by atoms with E-state index in [4.69, 9.17) is 23.2 Å². The molecule has 1 aromatic carbocycles. The topological polar surface area (TPSA) is 105 Å². The minimum absolute atomic E-state index is 0.0211. The van der Waals surface area contributed by atoms with Crippen LogP contribution < -0.4 is 0 Å². The molecule has 1 heterocycles. The van der Waals surface area contributed by atoms with Crippen LogP contribution in [0.25, 0.3) is 5.76 Å². The third kappa shape index (κ3) is 4.21. The summed E-state index contributed by atoms with van der Waals surface area (Å²) in [5.41, 5.74) is -0.491. The van der Waals surface area contributed by atoms with Gasteiger partial charge >= 0.3 is 0 Å². The molecule has 9 heteroatoms. The molecule has 1 aliphatic heterocycles. The molecule has 2 amide bonds. The largest absolute Gasteiger partial charge is 0.506 e. The van der Waals surface area contributed by atoms with Gasteiger partial charge in [0, 0.05) is 38.7 Å². The molecule has 1 aliphatic rings. The van der Waals surface area contributed by atoms with E-state index in [1.807, 2.05) is 0 Å². The van der Waals surface area contributed by atoms with Crippen molar-refractivity contribution in [3.63, 3.8) is 0 Å². The molecule has 1 fully saturated rings. The first-order valence-electron chi connectivity index (χ1n) is 7.81. The number of halogens is 2. The molecule has 26 heavy (non-hydrogen) atoms. The number of carbonyl (C=O) groups is 2. The van der Waals surface area contributed by atoms with Gasteiger partial charge in [0.05, 0.1) is 10.0 Å². The van der Waals surface area contributed by atoms with E-state index in [2.05, 4.69) is 0 Å². The molecule has 0 spiro atoms. The highest BCUT2D eigenvalue weighted by molar-refractivity contribution is 6.37. The summed E-state index contributed by atoms with van der Waals surface area (Å²) in [4.78, 5) is 27.2. The van der Waals surface area contributed by atoms with Gasteiger partial charge in [0.15, 0.2) is 11.3 Å². The first-order valence-corrected chi connectivity index (χ1v) is 8.56. The second-order valence-corrected chi connectivity index (χ2v) is 6.65. The van der Waals surface area contributed by atoms with Crippen LogP contribution in [0, 0.1) is 11.3 Å². The SMILES string of the molecule is CN(CCC(=O)N1CCC1)C(=O)/C(C#N)=C(\O)c1cc(Cl)c(O)c(Cl)c1. The number of benzene rings is 1. The number of amides is 2. The molecule has 0 atom stereocenters. The molecule has 2 N–H and O–H groups in total. The first kappa shape index (κ1) is 19.9. The number of nitrogens with zero attached hydrogens (tertiary/aromatic N) is 3. The molecule has 0 saturated carbocycles. The molecule has 0 aromatic heterocycles. The maximum Gasteiger partial charge on any atom is 0.268 e. The maximum absolute atomic E-state index is 12.4. The summed E-state index contributed by atoms with van der Waals surface area (Å²) in [6.45, 7) is 1.57. The predicted molar refractivity (Wildman–Crippen MR) is 96.7 cm³/mol. The summed E-state index contributed by atoms with van der Waals surface area (Å²) < 4.78 is 0. The number of rotatable bonds is 5. The Morgan fingerprint density at radius 2 is 1.88 bits per heavy atom. The summed E-state index contributed by atoms with van der Waals surface area (Å²) in [7, 11) is 1.44. The Labute approximate surface area is 160 Å². The van der Waals surface area contributed by atoms with E-state index in [0.717, 1.165) is 19.5 Å². The summed E-state index contributed by atoms with van der Waals surface area (Å²) in [5, 5.41) is 28.9. The number of hydrogen-bond acceptors (Lipinski definition) is 5. The highest BCUT2D eigenvalue weighted by atomic mass is 35.5. The number of likely N-dealkylation sites (N-methyl/N-ethyl adjacent to an activating group) is 1. The van der Waals surface area contributed by atoms with Gasteiger partial charge in [0.1, 0.15) is 11.8 Å². The van der Waals surface area contributed by atoms with Crippen molar-refractivity contribution in [2.45, 2.75) is 12.8 Å².